The van der Waals surface area contributed by atoms with Gasteiger partial charge in [0.2, 0.25) is 0 Å². The number of benzene rings is 2. The maximum Gasteiger partial charge on any atom is 0.0237 e. The summed E-state index contributed by atoms with van der Waals surface area (Å²) < 4.78 is 0. The van der Waals surface area contributed by atoms with Gasteiger partial charge in [-0.25, -0.2) is 0 Å². The average molecular weight is 307 g/mol. The number of hydrogen-bond donors (Lipinski definition) is 0. The minimum Gasteiger partial charge on any atom is -0.302 e. The monoisotopic (exact) mass is 307 g/mol. The molecule has 0 spiro atoms. The van der Waals surface area contributed by atoms with Crippen LogP contribution in [0.25, 0.3) is 10.8 Å². The van der Waals surface area contributed by atoms with Gasteiger partial charge < -0.3 is 4.90 Å². The van der Waals surface area contributed by atoms with E-state index in [1.54, 1.807) is 0 Å². The number of hydrogen-bond acceptors (Lipinski definition) is 1. The van der Waals surface area contributed by atoms with E-state index in [0.29, 0.717) is 16.2 Å². The zero-order chi connectivity index (χ0) is 16.3. The molecule has 23 heavy (non-hydrogen) atoms. The van der Waals surface area contributed by atoms with Crippen LogP contribution in [0.2, 0.25) is 0 Å². The van der Waals surface area contributed by atoms with Gasteiger partial charge in [-0.1, -0.05) is 63.2 Å². The molecule has 2 aromatic rings. The summed E-state index contributed by atoms with van der Waals surface area (Å²) >= 11 is 0. The van der Waals surface area contributed by atoms with Gasteiger partial charge in [0.15, 0.2) is 0 Å². The number of nitrogens with zero attached hydrogens (tertiary/aromatic N) is 1. The Morgan fingerprint density at radius 2 is 1.61 bits per heavy atom. The fraction of sp³-hybridized carbons (Fsp3) is 0.545. The summed E-state index contributed by atoms with van der Waals surface area (Å²) in [5.74, 6) is 0. The molecule has 0 unspecified atom stereocenters. The summed E-state index contributed by atoms with van der Waals surface area (Å²) in [5.41, 5.74) is 3.24. The van der Waals surface area contributed by atoms with Crippen LogP contribution >= 0.6 is 0 Å². The molecule has 1 heteroatoms. The maximum absolute atomic E-state index is 2.55. The van der Waals surface area contributed by atoms with Gasteiger partial charge in [0.1, 0.15) is 0 Å². The first-order valence-electron chi connectivity index (χ1n) is 8.98. The summed E-state index contributed by atoms with van der Waals surface area (Å²) in [7, 11) is 2.30. The van der Waals surface area contributed by atoms with Crippen LogP contribution in [0.4, 0.5) is 0 Å². The first-order valence-corrected chi connectivity index (χ1v) is 8.98. The topological polar surface area (TPSA) is 3.24 Å². The van der Waals surface area contributed by atoms with Crippen molar-refractivity contribution in [3.05, 3.63) is 48.0 Å². The van der Waals surface area contributed by atoms with Crippen LogP contribution in [0.15, 0.2) is 42.5 Å². The Morgan fingerprint density at radius 3 is 2.30 bits per heavy atom. The van der Waals surface area contributed by atoms with Gasteiger partial charge in [-0.05, 0) is 58.9 Å². The second-order valence-electron chi connectivity index (χ2n) is 9.37. The van der Waals surface area contributed by atoms with Gasteiger partial charge in [-0.15, -0.1) is 0 Å². The van der Waals surface area contributed by atoms with Gasteiger partial charge >= 0.3 is 0 Å². The van der Waals surface area contributed by atoms with E-state index in [1.807, 2.05) is 0 Å². The average Bonchev–Trinajstić information content (AvgIpc) is 2.40. The van der Waals surface area contributed by atoms with E-state index in [4.69, 9.17) is 0 Å². The molecule has 3 aliphatic carbocycles. The van der Waals surface area contributed by atoms with E-state index in [2.05, 4.69) is 75.2 Å². The third kappa shape index (κ3) is 2.32. The molecule has 0 radical (unpaired) electrons. The summed E-state index contributed by atoms with van der Waals surface area (Å²) in [6, 6.07) is 15.5. The standard InChI is InChI=1S/C22H29N/c1-20(2,3)22-13-21(14-22,15-22)16-23(4)12-18-10-7-9-17-8-5-6-11-19(17)18/h5-11H,12-16H2,1-4H3. The van der Waals surface area contributed by atoms with E-state index >= 15 is 0 Å². The Hall–Kier alpha value is -1.34. The van der Waals surface area contributed by atoms with Gasteiger partial charge in [0.25, 0.3) is 0 Å². The lowest BCUT2D eigenvalue weighted by Crippen LogP contribution is -2.69. The van der Waals surface area contributed by atoms with Crippen molar-refractivity contribution >= 4 is 10.8 Å². The molecule has 0 saturated heterocycles. The first kappa shape index (κ1) is 15.2. The highest BCUT2D eigenvalue weighted by Crippen LogP contribution is 2.79. The fourth-order valence-corrected chi connectivity index (χ4v) is 5.31. The van der Waals surface area contributed by atoms with E-state index < -0.39 is 0 Å². The van der Waals surface area contributed by atoms with Crippen molar-refractivity contribution in [2.75, 3.05) is 13.6 Å². The smallest absolute Gasteiger partial charge is 0.0237 e. The van der Waals surface area contributed by atoms with Crippen LogP contribution in [-0.4, -0.2) is 18.5 Å². The lowest BCUT2D eigenvalue weighted by Gasteiger charge is -2.76. The third-order valence-corrected chi connectivity index (χ3v) is 6.66. The van der Waals surface area contributed by atoms with E-state index in [-0.39, 0.29) is 0 Å². The molecular formula is C22H29N. The lowest BCUT2D eigenvalue weighted by molar-refractivity contribution is -0.264. The number of rotatable bonds is 4. The first-order chi connectivity index (χ1) is 10.8. The van der Waals surface area contributed by atoms with Crippen LogP contribution in [0.3, 0.4) is 0 Å². The fourth-order valence-electron chi connectivity index (χ4n) is 5.31. The SMILES string of the molecule is CN(Cc1cccc2ccccc12)CC12CC(C(C)(C)C)(C1)C2. The van der Waals surface area contributed by atoms with Crippen molar-refractivity contribution in [3.63, 3.8) is 0 Å². The minimum atomic E-state index is 0.489. The molecule has 3 saturated carbocycles. The van der Waals surface area contributed by atoms with Crippen LogP contribution < -0.4 is 0 Å². The van der Waals surface area contributed by atoms with Gasteiger partial charge in [-0.2, -0.15) is 0 Å². The minimum absolute atomic E-state index is 0.489. The van der Waals surface area contributed by atoms with E-state index in [9.17, 15) is 0 Å². The number of fused-ring (bicyclic) bond motifs is 1. The second kappa shape index (κ2) is 4.83. The molecule has 0 aliphatic heterocycles. The van der Waals surface area contributed by atoms with Crippen molar-refractivity contribution in [2.45, 2.75) is 46.6 Å². The Balaban J connectivity index is 1.43. The van der Waals surface area contributed by atoms with Gasteiger partial charge in [-0.3, -0.25) is 0 Å². The highest BCUT2D eigenvalue weighted by Gasteiger charge is 2.71. The van der Waals surface area contributed by atoms with Crippen molar-refractivity contribution in [1.82, 2.24) is 4.90 Å². The molecule has 0 aromatic heterocycles. The lowest BCUT2D eigenvalue weighted by atomic mass is 9.29. The molecular weight excluding hydrogens is 278 g/mol. The maximum atomic E-state index is 2.55. The van der Waals surface area contributed by atoms with Gasteiger partial charge in [0.05, 0.1) is 0 Å². The van der Waals surface area contributed by atoms with Crippen LogP contribution in [0, 0.1) is 16.2 Å². The van der Waals surface area contributed by atoms with Crippen molar-refractivity contribution in [3.8, 4) is 0 Å². The normalized spacial score (nSPS) is 29.4. The zero-order valence-corrected chi connectivity index (χ0v) is 15.0. The highest BCUT2D eigenvalue weighted by molar-refractivity contribution is 5.85. The highest BCUT2D eigenvalue weighted by atomic mass is 15.1. The molecule has 1 nitrogen and oxygen atoms in total. The summed E-state index contributed by atoms with van der Waals surface area (Å²) in [6.45, 7) is 9.60. The van der Waals surface area contributed by atoms with Crippen LogP contribution in [-0.2, 0) is 6.54 Å². The Kier molecular flexibility index (Phi) is 3.19. The Bertz CT molecular complexity index is 712. The van der Waals surface area contributed by atoms with Crippen molar-refractivity contribution < 1.29 is 0 Å². The molecule has 0 heterocycles. The largest absolute Gasteiger partial charge is 0.302 e. The van der Waals surface area contributed by atoms with Gasteiger partial charge in [0, 0.05) is 13.1 Å². The summed E-state index contributed by atoms with van der Waals surface area (Å²) in [6.07, 6.45) is 4.34. The predicted molar refractivity (Wildman–Crippen MR) is 98.5 cm³/mol. The molecule has 2 bridgehead atoms. The molecule has 0 amide bonds. The predicted octanol–water partition coefficient (Wildman–Crippen LogP) is 5.49. The molecule has 122 valence electrons. The Labute approximate surface area is 140 Å². The zero-order valence-electron chi connectivity index (χ0n) is 15.0. The van der Waals surface area contributed by atoms with E-state index in [0.717, 1.165) is 6.54 Å². The molecule has 3 aliphatic rings. The molecule has 0 N–H and O–H groups in total. The van der Waals surface area contributed by atoms with Crippen LogP contribution in [0.1, 0.15) is 45.6 Å². The summed E-state index contributed by atoms with van der Waals surface area (Å²) in [5, 5.41) is 2.77. The molecule has 0 atom stereocenters. The van der Waals surface area contributed by atoms with E-state index in [1.165, 1.54) is 42.1 Å². The van der Waals surface area contributed by atoms with Crippen LogP contribution in [0.5, 0.6) is 0 Å². The third-order valence-electron chi connectivity index (χ3n) is 6.66. The molecule has 2 aromatic carbocycles. The van der Waals surface area contributed by atoms with Crippen molar-refractivity contribution in [1.29, 1.82) is 0 Å². The quantitative estimate of drug-likeness (QED) is 0.722. The molecule has 3 fully saturated rings. The Morgan fingerprint density at radius 1 is 0.957 bits per heavy atom. The van der Waals surface area contributed by atoms with Crippen molar-refractivity contribution in [2.24, 2.45) is 16.2 Å². The second-order valence-corrected chi connectivity index (χ2v) is 9.37. The summed E-state index contributed by atoms with van der Waals surface area (Å²) in [4.78, 5) is 2.55. The molecule has 5 rings (SSSR count).